The van der Waals surface area contributed by atoms with Crippen molar-refractivity contribution in [2.45, 2.75) is 13.8 Å². The van der Waals surface area contributed by atoms with Gasteiger partial charge in [0.2, 0.25) is 0 Å². The molecule has 0 aliphatic rings. The van der Waals surface area contributed by atoms with Gasteiger partial charge in [-0.2, -0.15) is 0 Å². The molecule has 0 atom stereocenters. The molecule has 5 heteroatoms. The van der Waals surface area contributed by atoms with E-state index < -0.39 is 0 Å². The van der Waals surface area contributed by atoms with E-state index in [-0.39, 0.29) is 11.8 Å². The molecule has 0 aromatic heterocycles. The Labute approximate surface area is 170 Å². The van der Waals surface area contributed by atoms with E-state index in [0.29, 0.717) is 35.7 Å². The molecule has 29 heavy (non-hydrogen) atoms. The largest absolute Gasteiger partial charge is 0.457 e. The van der Waals surface area contributed by atoms with Gasteiger partial charge in [-0.25, -0.2) is 0 Å². The number of benzene rings is 3. The highest BCUT2D eigenvalue weighted by molar-refractivity contribution is 6.04. The van der Waals surface area contributed by atoms with Crippen molar-refractivity contribution in [3.05, 3.63) is 90.0 Å². The van der Waals surface area contributed by atoms with Crippen LogP contribution in [0.2, 0.25) is 0 Å². The standard InChI is InChI=1S/C24H24N2O3/c1-3-26(4-2)24(28)19-10-14-20(15-11-19)25-23(27)18-12-16-22(17-13-18)29-21-8-6-5-7-9-21/h5-17H,3-4H2,1-2H3,(H,25,27). The SMILES string of the molecule is CCN(CC)C(=O)c1ccc(NC(=O)c2ccc(Oc3ccccc3)cc2)cc1. The van der Waals surface area contributed by atoms with Crippen LogP contribution in [0, 0.1) is 0 Å². The summed E-state index contributed by atoms with van der Waals surface area (Å²) >= 11 is 0. The molecule has 3 aromatic rings. The second-order valence-electron chi connectivity index (χ2n) is 6.45. The molecule has 0 saturated heterocycles. The molecule has 0 unspecified atom stereocenters. The Hall–Kier alpha value is -3.60. The van der Waals surface area contributed by atoms with Crippen LogP contribution in [0.4, 0.5) is 5.69 Å². The van der Waals surface area contributed by atoms with Gasteiger partial charge in [-0.05, 0) is 74.5 Å². The number of hydrogen-bond donors (Lipinski definition) is 1. The summed E-state index contributed by atoms with van der Waals surface area (Å²) in [5, 5.41) is 2.85. The molecule has 0 aliphatic heterocycles. The number of hydrogen-bond acceptors (Lipinski definition) is 3. The summed E-state index contributed by atoms with van der Waals surface area (Å²) in [6.07, 6.45) is 0. The van der Waals surface area contributed by atoms with Gasteiger partial charge in [0.1, 0.15) is 11.5 Å². The summed E-state index contributed by atoms with van der Waals surface area (Å²) in [6, 6.07) is 23.3. The maximum atomic E-state index is 12.5. The number of carbonyl (C=O) groups is 2. The van der Waals surface area contributed by atoms with Crippen LogP contribution in [0.3, 0.4) is 0 Å². The fourth-order valence-electron chi connectivity index (χ4n) is 2.89. The van der Waals surface area contributed by atoms with Gasteiger partial charge in [-0.1, -0.05) is 18.2 Å². The molecule has 3 aromatic carbocycles. The molecule has 5 nitrogen and oxygen atoms in total. The number of ether oxygens (including phenoxy) is 1. The molecular formula is C24H24N2O3. The van der Waals surface area contributed by atoms with Gasteiger partial charge in [0, 0.05) is 29.9 Å². The average molecular weight is 388 g/mol. The van der Waals surface area contributed by atoms with Crippen molar-refractivity contribution in [3.63, 3.8) is 0 Å². The maximum Gasteiger partial charge on any atom is 0.255 e. The molecule has 3 rings (SSSR count). The highest BCUT2D eigenvalue weighted by atomic mass is 16.5. The Bertz CT molecular complexity index is 948. The van der Waals surface area contributed by atoms with E-state index in [0.717, 1.165) is 5.75 Å². The smallest absolute Gasteiger partial charge is 0.255 e. The van der Waals surface area contributed by atoms with E-state index in [9.17, 15) is 9.59 Å². The number of carbonyl (C=O) groups excluding carboxylic acids is 2. The zero-order valence-electron chi connectivity index (χ0n) is 16.6. The Morgan fingerprint density at radius 3 is 1.90 bits per heavy atom. The van der Waals surface area contributed by atoms with Gasteiger partial charge >= 0.3 is 0 Å². The zero-order valence-corrected chi connectivity index (χ0v) is 16.6. The normalized spacial score (nSPS) is 10.3. The van der Waals surface area contributed by atoms with E-state index >= 15 is 0 Å². The van der Waals surface area contributed by atoms with Crippen LogP contribution in [0.5, 0.6) is 11.5 Å². The first-order valence-electron chi connectivity index (χ1n) is 9.64. The van der Waals surface area contributed by atoms with Crippen LogP contribution in [-0.4, -0.2) is 29.8 Å². The predicted octanol–water partition coefficient (Wildman–Crippen LogP) is 5.21. The molecule has 0 bridgehead atoms. The summed E-state index contributed by atoms with van der Waals surface area (Å²) in [7, 11) is 0. The Kier molecular flexibility index (Phi) is 6.63. The van der Waals surface area contributed by atoms with E-state index in [2.05, 4.69) is 5.32 Å². The highest BCUT2D eigenvalue weighted by Gasteiger charge is 2.12. The first-order valence-corrected chi connectivity index (χ1v) is 9.64. The van der Waals surface area contributed by atoms with Crippen LogP contribution >= 0.6 is 0 Å². The number of anilines is 1. The third-order valence-electron chi connectivity index (χ3n) is 4.54. The second-order valence-corrected chi connectivity index (χ2v) is 6.45. The summed E-state index contributed by atoms with van der Waals surface area (Å²) in [4.78, 5) is 26.6. The minimum absolute atomic E-state index is 0.0121. The van der Waals surface area contributed by atoms with Crippen molar-refractivity contribution in [3.8, 4) is 11.5 Å². The molecule has 0 aliphatic carbocycles. The molecule has 0 heterocycles. The van der Waals surface area contributed by atoms with Gasteiger partial charge in [0.15, 0.2) is 0 Å². The number of para-hydroxylation sites is 1. The molecule has 0 radical (unpaired) electrons. The lowest BCUT2D eigenvalue weighted by Gasteiger charge is -2.18. The van der Waals surface area contributed by atoms with Crippen LogP contribution in [0.15, 0.2) is 78.9 Å². The molecule has 148 valence electrons. The third-order valence-corrected chi connectivity index (χ3v) is 4.54. The van der Waals surface area contributed by atoms with Crippen LogP contribution in [-0.2, 0) is 0 Å². The number of amides is 2. The average Bonchev–Trinajstić information content (AvgIpc) is 2.76. The molecular weight excluding hydrogens is 364 g/mol. The van der Waals surface area contributed by atoms with E-state index in [1.165, 1.54) is 0 Å². The van der Waals surface area contributed by atoms with Crippen LogP contribution in [0.1, 0.15) is 34.6 Å². The van der Waals surface area contributed by atoms with Crippen LogP contribution < -0.4 is 10.1 Å². The predicted molar refractivity (Wildman–Crippen MR) is 115 cm³/mol. The first kappa shape index (κ1) is 20.1. The number of nitrogens with one attached hydrogen (secondary N) is 1. The molecule has 0 fully saturated rings. The van der Waals surface area contributed by atoms with E-state index in [1.54, 1.807) is 53.4 Å². The van der Waals surface area contributed by atoms with Crippen LogP contribution in [0.25, 0.3) is 0 Å². The lowest BCUT2D eigenvalue weighted by atomic mass is 10.1. The summed E-state index contributed by atoms with van der Waals surface area (Å²) < 4.78 is 5.74. The first-order chi connectivity index (χ1) is 14.1. The third kappa shape index (κ3) is 5.23. The minimum atomic E-state index is -0.223. The van der Waals surface area contributed by atoms with Crippen molar-refractivity contribution < 1.29 is 14.3 Å². The highest BCUT2D eigenvalue weighted by Crippen LogP contribution is 2.21. The van der Waals surface area contributed by atoms with Crippen molar-refractivity contribution in [1.29, 1.82) is 0 Å². The van der Waals surface area contributed by atoms with Gasteiger partial charge in [-0.15, -0.1) is 0 Å². The van der Waals surface area contributed by atoms with Gasteiger partial charge in [0.05, 0.1) is 0 Å². The van der Waals surface area contributed by atoms with Gasteiger partial charge in [-0.3, -0.25) is 9.59 Å². The Balaban J connectivity index is 1.62. The molecule has 0 saturated carbocycles. The second kappa shape index (κ2) is 9.55. The summed E-state index contributed by atoms with van der Waals surface area (Å²) in [5.41, 5.74) is 1.76. The summed E-state index contributed by atoms with van der Waals surface area (Å²) in [5.74, 6) is 1.16. The Morgan fingerprint density at radius 1 is 0.759 bits per heavy atom. The number of nitrogens with zero attached hydrogens (tertiary/aromatic N) is 1. The van der Waals surface area contributed by atoms with E-state index in [1.807, 2.05) is 44.2 Å². The van der Waals surface area contributed by atoms with Crippen molar-refractivity contribution >= 4 is 17.5 Å². The van der Waals surface area contributed by atoms with Gasteiger partial charge < -0.3 is 15.0 Å². The lowest BCUT2D eigenvalue weighted by Crippen LogP contribution is -2.30. The number of rotatable bonds is 7. The molecule has 2 amide bonds. The minimum Gasteiger partial charge on any atom is -0.457 e. The summed E-state index contributed by atoms with van der Waals surface area (Å²) in [6.45, 7) is 5.23. The fourth-order valence-corrected chi connectivity index (χ4v) is 2.89. The topological polar surface area (TPSA) is 58.6 Å². The van der Waals surface area contributed by atoms with Gasteiger partial charge in [0.25, 0.3) is 11.8 Å². The van der Waals surface area contributed by atoms with E-state index in [4.69, 9.17) is 4.74 Å². The molecule has 0 spiro atoms. The van der Waals surface area contributed by atoms with Crippen molar-refractivity contribution in [2.24, 2.45) is 0 Å². The zero-order chi connectivity index (χ0) is 20.6. The Morgan fingerprint density at radius 2 is 1.31 bits per heavy atom. The fraction of sp³-hybridized carbons (Fsp3) is 0.167. The van der Waals surface area contributed by atoms with Crippen molar-refractivity contribution in [2.75, 3.05) is 18.4 Å². The quantitative estimate of drug-likeness (QED) is 0.604. The van der Waals surface area contributed by atoms with Crippen molar-refractivity contribution in [1.82, 2.24) is 4.90 Å². The maximum absolute atomic E-state index is 12.5. The monoisotopic (exact) mass is 388 g/mol. The molecule has 1 N–H and O–H groups in total. The lowest BCUT2D eigenvalue weighted by molar-refractivity contribution is 0.0773.